The van der Waals surface area contributed by atoms with Crippen LogP contribution in [0.4, 0.5) is 17.1 Å². The molecule has 2 unspecified atom stereocenters. The molecule has 0 bridgehead atoms. The first kappa shape index (κ1) is 18.4. The number of anilines is 2. The van der Waals surface area contributed by atoms with Gasteiger partial charge in [0.15, 0.2) is 0 Å². The smallest absolute Gasteiger partial charge is 0.308 e. The maximum Gasteiger partial charge on any atom is 0.308 e. The van der Waals surface area contributed by atoms with Crippen LogP contribution in [0, 0.1) is 16.0 Å². The van der Waals surface area contributed by atoms with Gasteiger partial charge >= 0.3 is 5.97 Å². The zero-order chi connectivity index (χ0) is 19.6. The van der Waals surface area contributed by atoms with Crippen molar-refractivity contribution in [1.82, 2.24) is 4.90 Å². The van der Waals surface area contributed by atoms with Gasteiger partial charge in [0.25, 0.3) is 11.6 Å². The van der Waals surface area contributed by atoms with Crippen LogP contribution in [0.5, 0.6) is 0 Å². The first-order valence-corrected chi connectivity index (χ1v) is 8.52. The summed E-state index contributed by atoms with van der Waals surface area (Å²) in [6.07, 6.45) is 0.373. The fraction of sp³-hybridized carbons (Fsp3) is 0.263. The molecule has 0 radical (unpaired) electrons. The van der Waals surface area contributed by atoms with Gasteiger partial charge in [-0.05, 0) is 37.6 Å². The molecule has 0 saturated carbocycles. The minimum atomic E-state index is -0.939. The number of rotatable bonds is 5. The number of nitro benzene ring substituents is 1. The molecule has 2 N–H and O–H groups in total. The SMILES string of the molecule is CC1C(C(=O)O)CCN1C(=O)c1ccc(Nc2ccccc2)c([N+](=O)[O-])c1. The Balaban J connectivity index is 1.87. The molecule has 0 aromatic heterocycles. The number of para-hydroxylation sites is 1. The lowest BCUT2D eigenvalue weighted by Gasteiger charge is -2.23. The highest BCUT2D eigenvalue weighted by atomic mass is 16.6. The second kappa shape index (κ2) is 7.45. The van der Waals surface area contributed by atoms with Crippen molar-refractivity contribution in [3.05, 3.63) is 64.2 Å². The van der Waals surface area contributed by atoms with Crippen LogP contribution in [0.1, 0.15) is 23.7 Å². The highest BCUT2D eigenvalue weighted by molar-refractivity contribution is 5.96. The van der Waals surface area contributed by atoms with Gasteiger partial charge in [0.1, 0.15) is 5.69 Å². The summed E-state index contributed by atoms with van der Waals surface area (Å²) < 4.78 is 0. The number of aliphatic carboxylic acids is 1. The Morgan fingerprint density at radius 2 is 1.93 bits per heavy atom. The van der Waals surface area contributed by atoms with Gasteiger partial charge < -0.3 is 15.3 Å². The van der Waals surface area contributed by atoms with Crippen LogP contribution < -0.4 is 5.32 Å². The third kappa shape index (κ3) is 3.74. The van der Waals surface area contributed by atoms with E-state index in [0.717, 1.165) is 0 Å². The zero-order valence-corrected chi connectivity index (χ0v) is 14.7. The maximum absolute atomic E-state index is 12.8. The van der Waals surface area contributed by atoms with Crippen molar-refractivity contribution in [3.8, 4) is 0 Å². The van der Waals surface area contributed by atoms with Crippen molar-refractivity contribution in [3.63, 3.8) is 0 Å². The highest BCUT2D eigenvalue weighted by Crippen LogP contribution is 2.31. The minimum absolute atomic E-state index is 0.165. The molecule has 8 nitrogen and oxygen atoms in total. The fourth-order valence-corrected chi connectivity index (χ4v) is 3.32. The summed E-state index contributed by atoms with van der Waals surface area (Å²) >= 11 is 0. The summed E-state index contributed by atoms with van der Waals surface area (Å²) in [5.41, 5.74) is 0.919. The summed E-state index contributed by atoms with van der Waals surface area (Å²) in [5, 5.41) is 23.7. The van der Waals surface area contributed by atoms with Gasteiger partial charge in [-0.25, -0.2) is 0 Å². The Hall–Kier alpha value is -3.42. The number of amides is 1. The van der Waals surface area contributed by atoms with E-state index in [1.807, 2.05) is 6.07 Å². The molecule has 27 heavy (non-hydrogen) atoms. The van der Waals surface area contributed by atoms with Crippen LogP contribution in [-0.2, 0) is 4.79 Å². The van der Waals surface area contributed by atoms with E-state index < -0.39 is 28.8 Å². The predicted octanol–water partition coefficient (Wildman–Crippen LogP) is 3.27. The van der Waals surface area contributed by atoms with E-state index in [2.05, 4.69) is 5.32 Å². The Labute approximate surface area is 155 Å². The molecule has 2 aromatic rings. The Morgan fingerprint density at radius 3 is 2.52 bits per heavy atom. The number of nitro groups is 1. The average Bonchev–Trinajstić information content (AvgIpc) is 3.04. The molecule has 3 rings (SSSR count). The predicted molar refractivity (Wildman–Crippen MR) is 99.1 cm³/mol. The molecule has 1 heterocycles. The normalized spacial score (nSPS) is 18.9. The molecule has 1 aliphatic heterocycles. The van der Waals surface area contributed by atoms with E-state index in [4.69, 9.17) is 0 Å². The first-order chi connectivity index (χ1) is 12.9. The lowest BCUT2D eigenvalue weighted by Crippen LogP contribution is -2.37. The second-order valence-electron chi connectivity index (χ2n) is 6.45. The maximum atomic E-state index is 12.8. The Kier molecular flexibility index (Phi) is 5.07. The Bertz CT molecular complexity index is 884. The molecule has 1 fully saturated rings. The lowest BCUT2D eigenvalue weighted by atomic mass is 10.0. The molecule has 140 valence electrons. The number of nitrogens with one attached hydrogen (secondary N) is 1. The number of nitrogens with zero attached hydrogens (tertiary/aromatic N) is 2. The van der Waals surface area contributed by atoms with Crippen LogP contribution in [0.15, 0.2) is 48.5 Å². The van der Waals surface area contributed by atoms with Crippen LogP contribution in [-0.4, -0.2) is 39.4 Å². The molecule has 1 aliphatic rings. The van der Waals surface area contributed by atoms with E-state index >= 15 is 0 Å². The van der Waals surface area contributed by atoms with Crippen molar-refractivity contribution in [2.24, 2.45) is 5.92 Å². The minimum Gasteiger partial charge on any atom is -0.481 e. The van der Waals surface area contributed by atoms with E-state index in [0.29, 0.717) is 18.7 Å². The molecular weight excluding hydrogens is 350 g/mol. The summed E-state index contributed by atoms with van der Waals surface area (Å²) in [6.45, 7) is 2.00. The highest BCUT2D eigenvalue weighted by Gasteiger charge is 2.38. The van der Waals surface area contributed by atoms with Crippen molar-refractivity contribution < 1.29 is 19.6 Å². The summed E-state index contributed by atoms with van der Waals surface area (Å²) in [7, 11) is 0. The topological polar surface area (TPSA) is 113 Å². The van der Waals surface area contributed by atoms with Gasteiger partial charge in [0, 0.05) is 29.9 Å². The lowest BCUT2D eigenvalue weighted by molar-refractivity contribution is -0.383. The summed E-state index contributed by atoms with van der Waals surface area (Å²) in [5.74, 6) is -1.96. The van der Waals surface area contributed by atoms with E-state index in [-0.39, 0.29) is 16.9 Å². The van der Waals surface area contributed by atoms with E-state index in [9.17, 15) is 24.8 Å². The third-order valence-electron chi connectivity index (χ3n) is 4.83. The van der Waals surface area contributed by atoms with Crippen LogP contribution in [0.2, 0.25) is 0 Å². The second-order valence-corrected chi connectivity index (χ2v) is 6.45. The van der Waals surface area contributed by atoms with Crippen molar-refractivity contribution >= 4 is 28.9 Å². The number of carboxylic acids is 1. The van der Waals surface area contributed by atoms with Crippen molar-refractivity contribution in [1.29, 1.82) is 0 Å². The molecule has 1 saturated heterocycles. The van der Waals surface area contributed by atoms with Gasteiger partial charge in [-0.1, -0.05) is 18.2 Å². The molecule has 2 aromatic carbocycles. The molecular formula is C19H19N3O5. The quantitative estimate of drug-likeness (QED) is 0.618. The standard InChI is InChI=1S/C19H19N3O5/c1-12-15(19(24)25)9-10-21(12)18(23)13-7-8-16(17(11-13)22(26)27)20-14-5-3-2-4-6-14/h2-8,11-12,15,20H,9-10H2,1H3,(H,24,25). The van der Waals surface area contributed by atoms with Gasteiger partial charge in [-0.2, -0.15) is 0 Å². The van der Waals surface area contributed by atoms with Crippen LogP contribution in [0.3, 0.4) is 0 Å². The van der Waals surface area contributed by atoms with Crippen LogP contribution in [0.25, 0.3) is 0 Å². The van der Waals surface area contributed by atoms with Gasteiger partial charge in [-0.3, -0.25) is 19.7 Å². The Morgan fingerprint density at radius 1 is 1.22 bits per heavy atom. The number of hydrogen-bond donors (Lipinski definition) is 2. The van der Waals surface area contributed by atoms with Gasteiger partial charge in [0.05, 0.1) is 10.8 Å². The van der Waals surface area contributed by atoms with Gasteiger partial charge in [0.2, 0.25) is 0 Å². The third-order valence-corrected chi connectivity index (χ3v) is 4.83. The number of carbonyl (C=O) groups is 2. The van der Waals surface area contributed by atoms with Crippen molar-refractivity contribution in [2.45, 2.75) is 19.4 Å². The summed E-state index contributed by atoms with van der Waals surface area (Å²) in [4.78, 5) is 36.4. The molecule has 1 amide bonds. The number of likely N-dealkylation sites (tertiary alicyclic amines) is 1. The van der Waals surface area contributed by atoms with E-state index in [1.54, 1.807) is 31.2 Å². The fourth-order valence-electron chi connectivity index (χ4n) is 3.32. The number of carboxylic acid groups (broad SMARTS) is 1. The van der Waals surface area contributed by atoms with E-state index in [1.165, 1.54) is 23.1 Å². The molecule has 2 atom stereocenters. The molecule has 8 heteroatoms. The first-order valence-electron chi connectivity index (χ1n) is 8.52. The number of benzene rings is 2. The monoisotopic (exact) mass is 369 g/mol. The van der Waals surface area contributed by atoms with Crippen LogP contribution >= 0.6 is 0 Å². The largest absolute Gasteiger partial charge is 0.481 e. The number of carbonyl (C=O) groups excluding carboxylic acids is 1. The average molecular weight is 369 g/mol. The van der Waals surface area contributed by atoms with Gasteiger partial charge in [-0.15, -0.1) is 0 Å². The molecule has 0 aliphatic carbocycles. The zero-order valence-electron chi connectivity index (χ0n) is 14.7. The summed E-state index contributed by atoms with van der Waals surface area (Å²) in [6, 6.07) is 12.8. The van der Waals surface area contributed by atoms with Crippen molar-refractivity contribution in [2.75, 3.05) is 11.9 Å². The number of hydrogen-bond acceptors (Lipinski definition) is 5. The molecule has 0 spiro atoms.